The van der Waals surface area contributed by atoms with Crippen molar-refractivity contribution in [1.29, 1.82) is 0 Å². The minimum absolute atomic E-state index is 0.162. The molecule has 5 rings (SSSR count). The summed E-state index contributed by atoms with van der Waals surface area (Å²) in [5.74, 6) is 0.921. The lowest BCUT2D eigenvalue weighted by molar-refractivity contribution is 0.0725. The van der Waals surface area contributed by atoms with Crippen LogP contribution in [0.1, 0.15) is 32.4 Å². The molecule has 3 aromatic carbocycles. The van der Waals surface area contributed by atoms with Crippen molar-refractivity contribution >= 4 is 28.1 Å². The molecule has 0 aliphatic carbocycles. The Morgan fingerprint density at radius 1 is 0.944 bits per heavy atom. The summed E-state index contributed by atoms with van der Waals surface area (Å²) in [6.45, 7) is 2.87. The van der Waals surface area contributed by atoms with E-state index < -0.39 is 0 Å². The van der Waals surface area contributed by atoms with Gasteiger partial charge in [0.15, 0.2) is 0 Å². The number of aromatic amines is 1. The number of amides is 1. The van der Waals surface area contributed by atoms with Gasteiger partial charge in [-0.25, -0.2) is 9.97 Å². The van der Waals surface area contributed by atoms with Crippen LogP contribution in [0.3, 0.4) is 0 Å². The summed E-state index contributed by atoms with van der Waals surface area (Å²) in [6, 6.07) is 24.0. The number of rotatable bonds is 8. The van der Waals surface area contributed by atoms with Gasteiger partial charge in [0.05, 0.1) is 28.1 Å². The third-order valence-electron chi connectivity index (χ3n) is 5.66. The van der Waals surface area contributed by atoms with E-state index in [0.717, 1.165) is 16.3 Å². The van der Waals surface area contributed by atoms with Gasteiger partial charge in [-0.2, -0.15) is 0 Å². The smallest absolute Gasteiger partial charge is 0.258 e. The SMILES string of the molecule is Cc1nc(COc2ccc(C(=O)N(Cc3ccccc3)Cc3nc4ccccc4c(=O)[nH]3)cc2)cs1. The number of H-pyrrole nitrogens is 1. The largest absolute Gasteiger partial charge is 0.487 e. The van der Waals surface area contributed by atoms with Crippen molar-refractivity contribution in [3.05, 3.63) is 122 Å². The van der Waals surface area contributed by atoms with Gasteiger partial charge in [-0.15, -0.1) is 11.3 Å². The van der Waals surface area contributed by atoms with E-state index in [0.29, 0.717) is 41.2 Å². The fourth-order valence-electron chi connectivity index (χ4n) is 3.90. The third-order valence-corrected chi connectivity index (χ3v) is 6.48. The van der Waals surface area contributed by atoms with Crippen molar-refractivity contribution in [3.8, 4) is 5.75 Å². The predicted octanol–water partition coefficient (Wildman–Crippen LogP) is 5.11. The molecule has 0 saturated heterocycles. The third kappa shape index (κ3) is 5.50. The van der Waals surface area contributed by atoms with Crippen LogP contribution in [0.15, 0.2) is 89.0 Å². The van der Waals surface area contributed by atoms with E-state index in [1.54, 1.807) is 58.7 Å². The van der Waals surface area contributed by atoms with Crippen LogP contribution < -0.4 is 10.3 Å². The summed E-state index contributed by atoms with van der Waals surface area (Å²) in [7, 11) is 0. The van der Waals surface area contributed by atoms with Crippen LogP contribution in [0.25, 0.3) is 10.9 Å². The molecule has 5 aromatic rings. The molecule has 2 heterocycles. The lowest BCUT2D eigenvalue weighted by Crippen LogP contribution is -2.31. The average Bonchev–Trinajstić information content (AvgIpc) is 3.32. The normalized spacial score (nSPS) is 10.9. The lowest BCUT2D eigenvalue weighted by atomic mass is 10.1. The zero-order chi connectivity index (χ0) is 24.9. The molecule has 0 radical (unpaired) electrons. The molecule has 0 atom stereocenters. The first-order chi connectivity index (χ1) is 17.5. The van der Waals surface area contributed by atoms with E-state index in [1.807, 2.05) is 48.7 Å². The number of aromatic nitrogens is 3. The van der Waals surface area contributed by atoms with E-state index in [-0.39, 0.29) is 18.0 Å². The Labute approximate surface area is 212 Å². The summed E-state index contributed by atoms with van der Waals surface area (Å²) < 4.78 is 5.82. The molecule has 36 heavy (non-hydrogen) atoms. The summed E-state index contributed by atoms with van der Waals surface area (Å²) >= 11 is 1.58. The zero-order valence-corrected chi connectivity index (χ0v) is 20.5. The van der Waals surface area contributed by atoms with E-state index in [2.05, 4.69) is 15.0 Å². The molecule has 0 aliphatic heterocycles. The first kappa shape index (κ1) is 23.4. The second-order valence-corrected chi connectivity index (χ2v) is 9.41. The van der Waals surface area contributed by atoms with Crippen molar-refractivity contribution < 1.29 is 9.53 Å². The van der Waals surface area contributed by atoms with Gasteiger partial charge in [-0.05, 0) is 48.9 Å². The van der Waals surface area contributed by atoms with Gasteiger partial charge in [0, 0.05) is 17.5 Å². The fourth-order valence-corrected chi connectivity index (χ4v) is 4.50. The van der Waals surface area contributed by atoms with Gasteiger partial charge in [-0.1, -0.05) is 42.5 Å². The number of fused-ring (bicyclic) bond motifs is 1. The van der Waals surface area contributed by atoms with Crippen LogP contribution in [-0.2, 0) is 19.7 Å². The van der Waals surface area contributed by atoms with Crippen molar-refractivity contribution in [1.82, 2.24) is 19.9 Å². The molecular formula is C28H24N4O3S. The first-order valence-corrected chi connectivity index (χ1v) is 12.4. The van der Waals surface area contributed by atoms with Gasteiger partial charge in [-0.3, -0.25) is 9.59 Å². The second kappa shape index (κ2) is 10.5. The Morgan fingerprint density at radius 2 is 1.69 bits per heavy atom. The predicted molar refractivity (Wildman–Crippen MR) is 140 cm³/mol. The van der Waals surface area contributed by atoms with Crippen LogP contribution >= 0.6 is 11.3 Å². The van der Waals surface area contributed by atoms with E-state index in [9.17, 15) is 9.59 Å². The van der Waals surface area contributed by atoms with Crippen LogP contribution in [0.4, 0.5) is 0 Å². The summed E-state index contributed by atoms with van der Waals surface area (Å²) in [4.78, 5) is 39.6. The molecule has 180 valence electrons. The number of hydrogen-bond acceptors (Lipinski definition) is 6. The highest BCUT2D eigenvalue weighted by Crippen LogP contribution is 2.19. The molecule has 1 N–H and O–H groups in total. The summed E-state index contributed by atoms with van der Waals surface area (Å²) in [5.41, 5.74) is 2.75. The van der Waals surface area contributed by atoms with Crippen molar-refractivity contribution in [2.24, 2.45) is 0 Å². The molecule has 0 fully saturated rings. The Balaban J connectivity index is 1.37. The molecule has 0 spiro atoms. The fraction of sp³-hybridized carbons (Fsp3) is 0.143. The Kier molecular flexibility index (Phi) is 6.86. The Bertz CT molecular complexity index is 1540. The standard InChI is InChI=1S/C28H24N4O3S/c1-19-29-22(18-36-19)17-35-23-13-11-21(12-14-23)28(34)32(15-20-7-3-2-4-8-20)16-26-30-25-10-6-5-9-24(25)27(33)31-26/h2-14,18H,15-17H2,1H3,(H,30,31,33). The highest BCUT2D eigenvalue weighted by atomic mass is 32.1. The molecule has 1 amide bonds. The number of benzene rings is 3. The molecule has 0 unspecified atom stereocenters. The second-order valence-electron chi connectivity index (χ2n) is 8.35. The Hall–Kier alpha value is -4.30. The van der Waals surface area contributed by atoms with Gasteiger partial charge >= 0.3 is 0 Å². The number of hydrogen-bond donors (Lipinski definition) is 1. The van der Waals surface area contributed by atoms with Crippen molar-refractivity contribution in [3.63, 3.8) is 0 Å². The average molecular weight is 497 g/mol. The molecular weight excluding hydrogens is 472 g/mol. The molecule has 8 heteroatoms. The first-order valence-electron chi connectivity index (χ1n) is 11.5. The minimum Gasteiger partial charge on any atom is -0.487 e. The van der Waals surface area contributed by atoms with Gasteiger partial charge in [0.25, 0.3) is 11.5 Å². The topological polar surface area (TPSA) is 88.2 Å². The highest BCUT2D eigenvalue weighted by molar-refractivity contribution is 7.09. The van der Waals surface area contributed by atoms with Gasteiger partial charge in [0.1, 0.15) is 18.2 Å². The molecule has 0 saturated carbocycles. The number of para-hydroxylation sites is 1. The number of carbonyl (C=O) groups excluding carboxylic acids is 1. The maximum atomic E-state index is 13.6. The number of carbonyl (C=O) groups is 1. The van der Waals surface area contributed by atoms with Crippen LogP contribution in [-0.4, -0.2) is 25.8 Å². The zero-order valence-electron chi connectivity index (χ0n) is 19.7. The maximum Gasteiger partial charge on any atom is 0.258 e. The number of aryl methyl sites for hydroxylation is 1. The van der Waals surface area contributed by atoms with E-state index in [1.165, 1.54) is 0 Å². The number of nitrogens with one attached hydrogen (secondary N) is 1. The van der Waals surface area contributed by atoms with Gasteiger partial charge in [0.2, 0.25) is 0 Å². The highest BCUT2D eigenvalue weighted by Gasteiger charge is 2.19. The molecule has 0 bridgehead atoms. The van der Waals surface area contributed by atoms with Gasteiger partial charge < -0.3 is 14.6 Å². The van der Waals surface area contributed by atoms with Crippen LogP contribution in [0.5, 0.6) is 5.75 Å². The lowest BCUT2D eigenvalue weighted by Gasteiger charge is -2.23. The summed E-state index contributed by atoms with van der Waals surface area (Å²) in [5, 5.41) is 3.49. The monoisotopic (exact) mass is 496 g/mol. The summed E-state index contributed by atoms with van der Waals surface area (Å²) in [6.07, 6.45) is 0. The van der Waals surface area contributed by atoms with Crippen LogP contribution in [0, 0.1) is 6.92 Å². The quantitative estimate of drug-likeness (QED) is 0.323. The number of nitrogens with zero attached hydrogens (tertiary/aromatic N) is 3. The molecule has 0 aliphatic rings. The van der Waals surface area contributed by atoms with Crippen LogP contribution in [0.2, 0.25) is 0 Å². The number of thiazole rings is 1. The van der Waals surface area contributed by atoms with E-state index in [4.69, 9.17) is 4.74 Å². The molecule has 2 aromatic heterocycles. The van der Waals surface area contributed by atoms with E-state index >= 15 is 0 Å². The Morgan fingerprint density at radius 3 is 2.44 bits per heavy atom. The number of ether oxygens (including phenoxy) is 1. The van der Waals surface area contributed by atoms with Crippen molar-refractivity contribution in [2.75, 3.05) is 0 Å². The molecule has 7 nitrogen and oxygen atoms in total. The maximum absolute atomic E-state index is 13.6. The van der Waals surface area contributed by atoms with Crippen molar-refractivity contribution in [2.45, 2.75) is 26.6 Å². The minimum atomic E-state index is -0.223.